The zero-order valence-electron chi connectivity index (χ0n) is 17.3. The van der Waals surface area contributed by atoms with Crippen molar-refractivity contribution >= 4 is 45.6 Å². The fourth-order valence-electron chi connectivity index (χ4n) is 3.65. The normalized spacial score (nSPS) is 14.6. The smallest absolute Gasteiger partial charge is 0.270 e. The van der Waals surface area contributed by atoms with Crippen LogP contribution in [-0.2, 0) is 0 Å². The highest BCUT2D eigenvalue weighted by Gasteiger charge is 2.18. The monoisotopic (exact) mass is 439 g/mol. The van der Waals surface area contributed by atoms with E-state index in [4.69, 9.17) is 16.6 Å². The van der Waals surface area contributed by atoms with Crippen molar-refractivity contribution in [2.24, 2.45) is 0 Å². The first-order valence-corrected chi connectivity index (χ1v) is 10.3. The summed E-state index contributed by atoms with van der Waals surface area (Å²) < 4.78 is 0. The molecule has 0 atom stereocenters. The quantitative estimate of drug-likeness (QED) is 0.486. The Balaban J connectivity index is 1.57. The number of carbonyl (C=O) groups is 1. The number of nitro groups is 1. The molecule has 0 unspecified atom stereocenters. The third-order valence-electron chi connectivity index (χ3n) is 5.50. The highest BCUT2D eigenvalue weighted by atomic mass is 35.5. The van der Waals surface area contributed by atoms with Gasteiger partial charge in [-0.15, -0.1) is 0 Å². The van der Waals surface area contributed by atoms with Crippen LogP contribution in [0.2, 0.25) is 5.02 Å². The number of amides is 1. The molecule has 1 aliphatic rings. The summed E-state index contributed by atoms with van der Waals surface area (Å²) in [7, 11) is 2.12. The number of halogens is 1. The van der Waals surface area contributed by atoms with Gasteiger partial charge in [-0.3, -0.25) is 14.9 Å². The van der Waals surface area contributed by atoms with Crippen molar-refractivity contribution < 1.29 is 9.72 Å². The van der Waals surface area contributed by atoms with E-state index >= 15 is 0 Å². The van der Waals surface area contributed by atoms with E-state index in [1.807, 2.05) is 19.1 Å². The molecule has 1 aliphatic heterocycles. The average molecular weight is 440 g/mol. The average Bonchev–Trinajstić information content (AvgIpc) is 2.74. The summed E-state index contributed by atoms with van der Waals surface area (Å²) in [6.07, 6.45) is 0. The lowest BCUT2D eigenvalue weighted by Gasteiger charge is -2.33. The van der Waals surface area contributed by atoms with E-state index in [0.717, 1.165) is 48.5 Å². The first-order valence-electron chi connectivity index (χ1n) is 9.92. The van der Waals surface area contributed by atoms with Gasteiger partial charge >= 0.3 is 0 Å². The maximum absolute atomic E-state index is 12.6. The minimum Gasteiger partial charge on any atom is -0.354 e. The van der Waals surface area contributed by atoms with Gasteiger partial charge in [-0.1, -0.05) is 11.6 Å². The first-order chi connectivity index (χ1) is 14.8. The number of likely N-dealkylation sites (N-methyl/N-ethyl adjacent to an activating group) is 1. The van der Waals surface area contributed by atoms with Gasteiger partial charge in [-0.2, -0.15) is 0 Å². The number of nitrogens with zero attached hydrogens (tertiary/aromatic N) is 4. The molecule has 1 N–H and O–H groups in total. The molecule has 8 nitrogen and oxygen atoms in total. The lowest BCUT2D eigenvalue weighted by atomic mass is 10.1. The molecule has 31 heavy (non-hydrogen) atoms. The Bertz CT molecular complexity index is 1180. The fraction of sp³-hybridized carbons (Fsp3) is 0.273. The second kappa shape index (κ2) is 8.49. The Morgan fingerprint density at radius 3 is 2.55 bits per heavy atom. The van der Waals surface area contributed by atoms with E-state index in [1.54, 1.807) is 6.07 Å². The summed E-state index contributed by atoms with van der Waals surface area (Å²) in [6.45, 7) is 5.93. The highest BCUT2D eigenvalue weighted by Crippen LogP contribution is 2.27. The van der Waals surface area contributed by atoms with Crippen LogP contribution in [0.1, 0.15) is 15.9 Å². The van der Waals surface area contributed by atoms with Crippen LogP contribution in [0, 0.1) is 17.0 Å². The van der Waals surface area contributed by atoms with Crippen LogP contribution in [0.5, 0.6) is 0 Å². The molecule has 160 valence electrons. The van der Waals surface area contributed by atoms with Crippen LogP contribution in [0.25, 0.3) is 10.9 Å². The van der Waals surface area contributed by atoms with Gasteiger partial charge in [0.2, 0.25) is 0 Å². The van der Waals surface area contributed by atoms with Crippen molar-refractivity contribution in [2.75, 3.05) is 43.4 Å². The Morgan fingerprint density at radius 1 is 1.13 bits per heavy atom. The molecule has 0 saturated carbocycles. The van der Waals surface area contributed by atoms with Gasteiger partial charge < -0.3 is 15.1 Å². The number of carbonyl (C=O) groups excluding carboxylic acids is 1. The number of rotatable bonds is 4. The minimum atomic E-state index is -0.553. The van der Waals surface area contributed by atoms with E-state index in [0.29, 0.717) is 5.69 Å². The highest BCUT2D eigenvalue weighted by molar-refractivity contribution is 6.34. The molecule has 9 heteroatoms. The number of hydrogen-bond donors (Lipinski definition) is 1. The molecule has 1 amide bonds. The summed E-state index contributed by atoms with van der Waals surface area (Å²) >= 11 is 6.07. The third kappa shape index (κ3) is 4.45. The predicted molar refractivity (Wildman–Crippen MR) is 122 cm³/mol. The number of non-ortho nitro benzene ring substituents is 1. The molecule has 3 aromatic rings. The Kier molecular flexibility index (Phi) is 5.75. The van der Waals surface area contributed by atoms with E-state index in [9.17, 15) is 14.9 Å². The zero-order chi connectivity index (χ0) is 22.1. The number of aryl methyl sites for hydroxylation is 1. The lowest BCUT2D eigenvalue weighted by Crippen LogP contribution is -2.44. The van der Waals surface area contributed by atoms with Gasteiger partial charge in [0, 0.05) is 49.4 Å². The molecule has 1 saturated heterocycles. The third-order valence-corrected chi connectivity index (χ3v) is 5.81. The number of hydrogen-bond acceptors (Lipinski definition) is 6. The van der Waals surface area contributed by atoms with Gasteiger partial charge in [0.05, 0.1) is 21.0 Å². The molecule has 2 heterocycles. The number of nitrogens with one attached hydrogen (secondary N) is 1. The SMILES string of the molecule is Cc1cc(N2CCN(C)CC2)nc2ccc(NC(=O)c3ccc([N+](=O)[O-])cc3Cl)cc12. The van der Waals surface area contributed by atoms with Gasteiger partial charge in [-0.05, 0) is 49.9 Å². The Morgan fingerprint density at radius 2 is 1.87 bits per heavy atom. The van der Waals surface area contributed by atoms with Crippen LogP contribution >= 0.6 is 11.6 Å². The van der Waals surface area contributed by atoms with Crippen molar-refractivity contribution in [1.29, 1.82) is 0 Å². The molecule has 4 rings (SSSR count). The van der Waals surface area contributed by atoms with Crippen LogP contribution < -0.4 is 10.2 Å². The molecule has 1 aromatic heterocycles. The predicted octanol–water partition coefficient (Wildman–Crippen LogP) is 4.11. The summed E-state index contributed by atoms with van der Waals surface area (Å²) in [5.41, 5.74) is 2.55. The van der Waals surface area contributed by atoms with Gasteiger partial charge in [0.15, 0.2) is 0 Å². The number of fused-ring (bicyclic) bond motifs is 1. The van der Waals surface area contributed by atoms with E-state index in [1.165, 1.54) is 18.2 Å². The zero-order valence-corrected chi connectivity index (χ0v) is 18.0. The van der Waals surface area contributed by atoms with Crippen molar-refractivity contribution in [3.63, 3.8) is 0 Å². The van der Waals surface area contributed by atoms with Crippen LogP contribution in [0.4, 0.5) is 17.2 Å². The second-order valence-corrected chi connectivity index (χ2v) is 8.10. The van der Waals surface area contributed by atoms with Crippen LogP contribution in [0.3, 0.4) is 0 Å². The molecule has 0 spiro atoms. The number of pyridine rings is 1. The van der Waals surface area contributed by atoms with Crippen molar-refractivity contribution in [2.45, 2.75) is 6.92 Å². The van der Waals surface area contributed by atoms with Gasteiger partial charge in [0.25, 0.3) is 11.6 Å². The van der Waals surface area contributed by atoms with Gasteiger partial charge in [0.1, 0.15) is 5.82 Å². The molecular weight excluding hydrogens is 418 g/mol. The Labute approximate surface area is 184 Å². The van der Waals surface area contributed by atoms with Crippen molar-refractivity contribution in [3.05, 3.63) is 68.7 Å². The van der Waals surface area contributed by atoms with Crippen molar-refractivity contribution in [3.8, 4) is 0 Å². The largest absolute Gasteiger partial charge is 0.354 e. The molecule has 1 fully saturated rings. The van der Waals surface area contributed by atoms with E-state index < -0.39 is 10.8 Å². The second-order valence-electron chi connectivity index (χ2n) is 7.69. The summed E-state index contributed by atoms with van der Waals surface area (Å²) in [5, 5.41) is 14.6. The number of piperazine rings is 1. The molecule has 0 radical (unpaired) electrons. The minimum absolute atomic E-state index is 0.0298. The Hall–Kier alpha value is -3.23. The van der Waals surface area contributed by atoms with Crippen molar-refractivity contribution in [1.82, 2.24) is 9.88 Å². The van der Waals surface area contributed by atoms with E-state index in [2.05, 4.69) is 28.2 Å². The number of aromatic nitrogens is 1. The number of benzene rings is 2. The number of nitro benzene ring substituents is 1. The first kappa shape index (κ1) is 21.0. The summed E-state index contributed by atoms with van der Waals surface area (Å²) in [6, 6.07) is 11.4. The molecule has 2 aromatic carbocycles. The fourth-order valence-corrected chi connectivity index (χ4v) is 3.91. The van der Waals surface area contributed by atoms with Crippen LogP contribution in [-0.4, -0.2) is 53.9 Å². The van der Waals surface area contributed by atoms with Crippen LogP contribution in [0.15, 0.2) is 42.5 Å². The topological polar surface area (TPSA) is 91.6 Å². The lowest BCUT2D eigenvalue weighted by molar-refractivity contribution is -0.384. The molecule has 0 aliphatic carbocycles. The summed E-state index contributed by atoms with van der Waals surface area (Å²) in [4.78, 5) is 32.3. The molecular formula is C22H22ClN5O3. The van der Waals surface area contributed by atoms with Gasteiger partial charge in [-0.25, -0.2) is 4.98 Å². The molecule has 0 bridgehead atoms. The summed E-state index contributed by atoms with van der Waals surface area (Å²) in [5.74, 6) is 0.534. The maximum Gasteiger partial charge on any atom is 0.270 e. The maximum atomic E-state index is 12.6. The standard InChI is InChI=1S/C22H22ClN5O3/c1-14-11-21(27-9-7-26(2)8-10-27)25-20-6-3-15(12-18(14)20)24-22(29)17-5-4-16(28(30)31)13-19(17)23/h3-6,11-13H,7-10H2,1-2H3,(H,24,29). The van der Waals surface area contributed by atoms with E-state index in [-0.39, 0.29) is 16.3 Å². The number of anilines is 2.